The standard InChI is InChI=1S/C13H15BrN2O5S/c1-7-9(5-8(14)6-11(7)22(15,20)21)12(17)16-4-2-3-10(16)13(18)19/h5-6,10H,2-4H2,1H3,(H,18,19)(H2,15,20,21). The number of halogens is 1. The maximum atomic E-state index is 12.6. The molecule has 9 heteroatoms. The number of likely N-dealkylation sites (tertiary alicyclic amines) is 1. The number of carbonyl (C=O) groups is 2. The summed E-state index contributed by atoms with van der Waals surface area (Å²) in [5, 5.41) is 14.3. The molecule has 1 aliphatic heterocycles. The number of carboxylic acids is 1. The minimum absolute atomic E-state index is 0.131. The molecule has 1 atom stereocenters. The van der Waals surface area contributed by atoms with Gasteiger partial charge in [-0.05, 0) is 37.5 Å². The second-order valence-corrected chi connectivity index (χ2v) is 7.56. The Kier molecular flexibility index (Phi) is 4.59. The highest BCUT2D eigenvalue weighted by atomic mass is 79.9. The van der Waals surface area contributed by atoms with E-state index < -0.39 is 27.9 Å². The summed E-state index contributed by atoms with van der Waals surface area (Å²) in [4.78, 5) is 24.9. The van der Waals surface area contributed by atoms with E-state index in [4.69, 9.17) is 10.2 Å². The zero-order valence-corrected chi connectivity index (χ0v) is 14.1. The van der Waals surface area contributed by atoms with Crippen molar-refractivity contribution in [3.8, 4) is 0 Å². The number of primary sulfonamides is 1. The summed E-state index contributed by atoms with van der Waals surface area (Å²) in [5.74, 6) is -1.57. The van der Waals surface area contributed by atoms with E-state index in [1.165, 1.54) is 24.0 Å². The Balaban J connectivity index is 2.51. The fourth-order valence-electron chi connectivity index (χ4n) is 2.59. The van der Waals surface area contributed by atoms with E-state index in [1.54, 1.807) is 0 Å². The van der Waals surface area contributed by atoms with Crippen molar-refractivity contribution < 1.29 is 23.1 Å². The van der Waals surface area contributed by atoms with E-state index in [0.29, 0.717) is 23.9 Å². The van der Waals surface area contributed by atoms with Crippen molar-refractivity contribution in [1.29, 1.82) is 0 Å². The number of hydrogen-bond donors (Lipinski definition) is 2. The van der Waals surface area contributed by atoms with Gasteiger partial charge in [-0.2, -0.15) is 0 Å². The highest BCUT2D eigenvalue weighted by molar-refractivity contribution is 9.10. The Hall–Kier alpha value is -1.45. The Morgan fingerprint density at radius 1 is 1.41 bits per heavy atom. The van der Waals surface area contributed by atoms with Gasteiger partial charge in [0.05, 0.1) is 4.90 Å². The number of aliphatic carboxylic acids is 1. The van der Waals surface area contributed by atoms with Crippen LogP contribution in [-0.4, -0.2) is 42.9 Å². The molecule has 2 rings (SSSR count). The summed E-state index contributed by atoms with van der Waals surface area (Å²) < 4.78 is 23.6. The lowest BCUT2D eigenvalue weighted by molar-refractivity contribution is -0.141. The fourth-order valence-corrected chi connectivity index (χ4v) is 4.03. The summed E-state index contributed by atoms with van der Waals surface area (Å²) in [6, 6.07) is 1.91. The molecule has 7 nitrogen and oxygen atoms in total. The lowest BCUT2D eigenvalue weighted by atomic mass is 10.1. The number of carbonyl (C=O) groups excluding carboxylic acids is 1. The molecule has 0 saturated carbocycles. The lowest BCUT2D eigenvalue weighted by Gasteiger charge is -2.23. The van der Waals surface area contributed by atoms with Gasteiger partial charge in [-0.3, -0.25) is 4.79 Å². The predicted molar refractivity (Wildman–Crippen MR) is 81.9 cm³/mol. The summed E-state index contributed by atoms with van der Waals surface area (Å²) in [6.07, 6.45) is 0.980. The summed E-state index contributed by atoms with van der Waals surface area (Å²) in [7, 11) is -3.98. The first-order valence-corrected chi connectivity index (χ1v) is 8.83. The zero-order chi connectivity index (χ0) is 16.7. The van der Waals surface area contributed by atoms with E-state index in [0.717, 1.165) is 0 Å². The molecule has 3 N–H and O–H groups in total. The summed E-state index contributed by atoms with van der Waals surface area (Å²) in [5.41, 5.74) is 0.346. The second kappa shape index (κ2) is 5.98. The van der Waals surface area contributed by atoms with Gasteiger partial charge >= 0.3 is 5.97 Å². The molecule has 1 aliphatic rings. The third-order valence-electron chi connectivity index (χ3n) is 3.66. The van der Waals surface area contributed by atoms with Crippen LogP contribution in [0.15, 0.2) is 21.5 Å². The van der Waals surface area contributed by atoms with Crippen LogP contribution in [0.3, 0.4) is 0 Å². The van der Waals surface area contributed by atoms with E-state index in [2.05, 4.69) is 15.9 Å². The lowest BCUT2D eigenvalue weighted by Crippen LogP contribution is -2.40. The van der Waals surface area contributed by atoms with E-state index in [1.807, 2.05) is 0 Å². The Bertz CT molecular complexity index is 747. The van der Waals surface area contributed by atoms with Crippen LogP contribution in [0, 0.1) is 6.92 Å². The van der Waals surface area contributed by atoms with Crippen LogP contribution in [0.2, 0.25) is 0 Å². The molecule has 1 unspecified atom stereocenters. The van der Waals surface area contributed by atoms with Gasteiger partial charge in [-0.1, -0.05) is 15.9 Å². The molecule has 1 fully saturated rings. The first-order chi connectivity index (χ1) is 10.1. The SMILES string of the molecule is Cc1c(C(=O)N2CCCC2C(=O)O)cc(Br)cc1S(N)(=O)=O. The van der Waals surface area contributed by atoms with Gasteiger partial charge in [0.2, 0.25) is 10.0 Å². The molecule has 0 aromatic heterocycles. The number of hydrogen-bond acceptors (Lipinski definition) is 4. The first-order valence-electron chi connectivity index (χ1n) is 6.49. The zero-order valence-electron chi connectivity index (χ0n) is 11.7. The van der Waals surface area contributed by atoms with Crippen LogP contribution < -0.4 is 5.14 Å². The molecule has 22 heavy (non-hydrogen) atoms. The molecule has 1 heterocycles. The van der Waals surface area contributed by atoms with Crippen molar-refractivity contribution >= 4 is 37.8 Å². The number of rotatable bonds is 3. The maximum absolute atomic E-state index is 12.6. The molecule has 0 radical (unpaired) electrons. The molecular weight excluding hydrogens is 376 g/mol. The number of nitrogens with zero attached hydrogens (tertiary/aromatic N) is 1. The summed E-state index contributed by atoms with van der Waals surface area (Å²) in [6.45, 7) is 1.80. The number of benzene rings is 1. The number of nitrogens with two attached hydrogens (primary N) is 1. The van der Waals surface area contributed by atoms with Crippen LogP contribution >= 0.6 is 15.9 Å². The molecular formula is C13H15BrN2O5S. The fraction of sp³-hybridized carbons (Fsp3) is 0.385. The van der Waals surface area contributed by atoms with Crippen molar-refractivity contribution in [1.82, 2.24) is 4.90 Å². The van der Waals surface area contributed by atoms with Crippen molar-refractivity contribution in [3.63, 3.8) is 0 Å². The van der Waals surface area contributed by atoms with Gasteiger partial charge in [-0.15, -0.1) is 0 Å². The average molecular weight is 391 g/mol. The third kappa shape index (κ3) is 3.16. The number of amides is 1. The normalized spacial score (nSPS) is 18.5. The molecule has 120 valence electrons. The molecule has 0 bridgehead atoms. The summed E-state index contributed by atoms with van der Waals surface area (Å²) >= 11 is 3.15. The highest BCUT2D eigenvalue weighted by Gasteiger charge is 2.35. The number of sulfonamides is 1. The van der Waals surface area contributed by atoms with E-state index in [9.17, 15) is 18.0 Å². The topological polar surface area (TPSA) is 118 Å². The van der Waals surface area contributed by atoms with E-state index in [-0.39, 0.29) is 16.0 Å². The smallest absolute Gasteiger partial charge is 0.326 e. The largest absolute Gasteiger partial charge is 0.480 e. The van der Waals surface area contributed by atoms with Gasteiger partial charge in [0, 0.05) is 16.6 Å². The Labute approximate surface area is 136 Å². The van der Waals surface area contributed by atoms with Crippen molar-refractivity contribution in [2.45, 2.75) is 30.7 Å². The highest BCUT2D eigenvalue weighted by Crippen LogP contribution is 2.27. The monoisotopic (exact) mass is 390 g/mol. The van der Waals surface area contributed by atoms with Gasteiger partial charge in [-0.25, -0.2) is 18.4 Å². The van der Waals surface area contributed by atoms with Crippen LogP contribution in [0.4, 0.5) is 0 Å². The first kappa shape index (κ1) is 16.9. The molecule has 1 aromatic rings. The van der Waals surface area contributed by atoms with Crippen LogP contribution in [-0.2, 0) is 14.8 Å². The van der Waals surface area contributed by atoms with Gasteiger partial charge in [0.25, 0.3) is 5.91 Å². The number of carboxylic acid groups (broad SMARTS) is 1. The molecule has 0 aliphatic carbocycles. The van der Waals surface area contributed by atoms with Crippen LogP contribution in [0.1, 0.15) is 28.8 Å². The molecule has 1 amide bonds. The predicted octanol–water partition coefficient (Wildman–Crippen LogP) is 1.09. The van der Waals surface area contributed by atoms with Crippen molar-refractivity contribution in [2.24, 2.45) is 5.14 Å². The quantitative estimate of drug-likeness (QED) is 0.800. The Morgan fingerprint density at radius 3 is 2.59 bits per heavy atom. The van der Waals surface area contributed by atoms with Gasteiger partial charge < -0.3 is 10.0 Å². The minimum atomic E-state index is -3.98. The van der Waals surface area contributed by atoms with Crippen molar-refractivity contribution in [3.05, 3.63) is 27.7 Å². The average Bonchev–Trinajstić information content (AvgIpc) is 2.88. The van der Waals surface area contributed by atoms with Crippen LogP contribution in [0.25, 0.3) is 0 Å². The third-order valence-corrected chi connectivity index (χ3v) is 5.16. The van der Waals surface area contributed by atoms with Gasteiger partial charge in [0.1, 0.15) is 6.04 Å². The Morgan fingerprint density at radius 2 is 2.05 bits per heavy atom. The minimum Gasteiger partial charge on any atom is -0.480 e. The van der Waals surface area contributed by atoms with Gasteiger partial charge in [0.15, 0.2) is 0 Å². The maximum Gasteiger partial charge on any atom is 0.326 e. The van der Waals surface area contributed by atoms with Crippen LogP contribution in [0.5, 0.6) is 0 Å². The van der Waals surface area contributed by atoms with Crippen molar-refractivity contribution in [2.75, 3.05) is 6.54 Å². The second-order valence-electron chi connectivity index (χ2n) is 5.12. The molecule has 1 saturated heterocycles. The van der Waals surface area contributed by atoms with E-state index >= 15 is 0 Å². The molecule has 0 spiro atoms. The molecule has 1 aromatic carbocycles.